The molecule has 4 rings (SSSR count). The highest BCUT2D eigenvalue weighted by molar-refractivity contribution is 5.38. The molecule has 7 atom stereocenters. The molecule has 0 amide bonds. The molecule has 0 radical (unpaired) electrons. The maximum atomic E-state index is 10.2. The number of hydrogen-bond donors (Lipinski definition) is 2. The fraction of sp³-hybridized carbons (Fsp3) is 0.778. The van der Waals surface area contributed by atoms with Gasteiger partial charge in [-0.15, -0.1) is 0 Å². The molecule has 4 aliphatic rings. The van der Waals surface area contributed by atoms with Crippen LogP contribution in [0.2, 0.25) is 0 Å². The second-order valence-corrected chi connectivity index (χ2v) is 11.3. The number of aliphatic hydroxyl groups excluding tert-OH is 2. The van der Waals surface area contributed by atoms with Crippen LogP contribution in [0.1, 0.15) is 72.1 Å². The third kappa shape index (κ3) is 4.36. The highest BCUT2D eigenvalue weighted by atomic mass is 16.3. The van der Waals surface area contributed by atoms with Gasteiger partial charge in [-0.25, -0.2) is 0 Å². The molecular weight excluding hydrogens is 370 g/mol. The Kier molecular flexibility index (Phi) is 6.63. The highest BCUT2D eigenvalue weighted by Crippen LogP contribution is 2.59. The van der Waals surface area contributed by atoms with E-state index in [2.05, 4.69) is 44.4 Å². The molecule has 3 aliphatic carbocycles. The van der Waals surface area contributed by atoms with Crippen molar-refractivity contribution in [3.63, 3.8) is 0 Å². The second kappa shape index (κ2) is 8.92. The summed E-state index contributed by atoms with van der Waals surface area (Å²) in [7, 11) is 0. The summed E-state index contributed by atoms with van der Waals surface area (Å²) in [6.07, 6.45) is 12.4. The Morgan fingerprint density at radius 3 is 2.77 bits per heavy atom. The molecule has 0 aromatic carbocycles. The van der Waals surface area contributed by atoms with Gasteiger partial charge in [0.25, 0.3) is 0 Å². The minimum Gasteiger partial charge on any atom is -0.393 e. The minimum atomic E-state index is -0.597. The first-order valence-corrected chi connectivity index (χ1v) is 12.4. The van der Waals surface area contributed by atoms with Crippen molar-refractivity contribution in [3.05, 3.63) is 35.5 Å². The standard InChI is InChI=1S/C27H43NO2/c1-18-11-13-28(16-18)17-19(2)24-9-10-25-21(6-5-12-27(24,25)4)7-8-22-14-23(29)15-26(30)20(22)3/h7-8,18-19,23-26,29-30H,3,5-6,9-17H2,1-2,4H3/b21-7+,22-8-/t18-,19+,23+,24+,25-,26-,27+/m0/s1. The van der Waals surface area contributed by atoms with Gasteiger partial charge < -0.3 is 15.1 Å². The van der Waals surface area contributed by atoms with E-state index in [1.54, 1.807) is 5.57 Å². The first-order chi connectivity index (χ1) is 14.3. The predicted octanol–water partition coefficient (Wildman–Crippen LogP) is 5.11. The number of fused-ring (bicyclic) bond motifs is 1. The highest BCUT2D eigenvalue weighted by Gasteiger charge is 2.50. The summed E-state index contributed by atoms with van der Waals surface area (Å²) < 4.78 is 0. The van der Waals surface area contributed by atoms with E-state index in [1.807, 2.05) is 0 Å². The Bertz CT molecular complexity index is 710. The van der Waals surface area contributed by atoms with Gasteiger partial charge in [0.05, 0.1) is 12.2 Å². The van der Waals surface area contributed by atoms with E-state index in [-0.39, 0.29) is 0 Å². The smallest absolute Gasteiger partial charge is 0.0811 e. The van der Waals surface area contributed by atoms with Crippen LogP contribution in [0.4, 0.5) is 0 Å². The van der Waals surface area contributed by atoms with E-state index in [4.69, 9.17) is 0 Å². The van der Waals surface area contributed by atoms with Gasteiger partial charge in [-0.3, -0.25) is 0 Å². The summed E-state index contributed by atoms with van der Waals surface area (Å²) in [4.78, 5) is 2.71. The van der Waals surface area contributed by atoms with Gasteiger partial charge in [0.1, 0.15) is 0 Å². The van der Waals surface area contributed by atoms with E-state index >= 15 is 0 Å². The van der Waals surface area contributed by atoms with Crippen molar-refractivity contribution in [1.29, 1.82) is 0 Å². The summed E-state index contributed by atoms with van der Waals surface area (Å²) in [5, 5.41) is 20.2. The first kappa shape index (κ1) is 22.3. The van der Waals surface area contributed by atoms with Crippen molar-refractivity contribution in [2.45, 2.75) is 84.3 Å². The molecule has 4 fully saturated rings. The van der Waals surface area contributed by atoms with Crippen LogP contribution < -0.4 is 0 Å². The molecule has 0 aromatic rings. The van der Waals surface area contributed by atoms with Gasteiger partial charge in [0.15, 0.2) is 0 Å². The number of likely N-dealkylation sites (tertiary alicyclic amines) is 1. The van der Waals surface area contributed by atoms with Crippen LogP contribution in [0.3, 0.4) is 0 Å². The molecule has 3 heteroatoms. The fourth-order valence-corrected chi connectivity index (χ4v) is 7.41. The minimum absolute atomic E-state index is 0.419. The predicted molar refractivity (Wildman–Crippen MR) is 124 cm³/mol. The Morgan fingerprint density at radius 1 is 1.23 bits per heavy atom. The van der Waals surface area contributed by atoms with E-state index < -0.39 is 12.2 Å². The lowest BCUT2D eigenvalue weighted by Crippen LogP contribution is -2.39. The largest absolute Gasteiger partial charge is 0.393 e. The summed E-state index contributed by atoms with van der Waals surface area (Å²) in [5.74, 6) is 3.15. The van der Waals surface area contributed by atoms with Crippen molar-refractivity contribution in [3.8, 4) is 0 Å². The molecule has 30 heavy (non-hydrogen) atoms. The van der Waals surface area contributed by atoms with Crippen LogP contribution in [0.5, 0.6) is 0 Å². The van der Waals surface area contributed by atoms with Crippen LogP contribution >= 0.6 is 0 Å². The van der Waals surface area contributed by atoms with E-state index in [9.17, 15) is 10.2 Å². The Hall–Kier alpha value is -0.900. The van der Waals surface area contributed by atoms with E-state index in [0.717, 1.165) is 28.9 Å². The Balaban J connectivity index is 1.47. The molecule has 1 aliphatic heterocycles. The maximum absolute atomic E-state index is 10.2. The van der Waals surface area contributed by atoms with Crippen molar-refractivity contribution >= 4 is 0 Å². The molecule has 1 heterocycles. The molecule has 2 N–H and O–H groups in total. The molecule has 0 aromatic heterocycles. The second-order valence-electron chi connectivity index (χ2n) is 11.3. The van der Waals surface area contributed by atoms with Crippen LogP contribution in [0.25, 0.3) is 0 Å². The van der Waals surface area contributed by atoms with Crippen molar-refractivity contribution in [2.75, 3.05) is 19.6 Å². The lowest BCUT2D eigenvalue weighted by atomic mass is 9.61. The zero-order valence-corrected chi connectivity index (χ0v) is 19.4. The van der Waals surface area contributed by atoms with E-state index in [0.29, 0.717) is 24.2 Å². The van der Waals surface area contributed by atoms with Gasteiger partial charge in [0.2, 0.25) is 0 Å². The fourth-order valence-electron chi connectivity index (χ4n) is 7.41. The zero-order valence-electron chi connectivity index (χ0n) is 19.4. The van der Waals surface area contributed by atoms with Gasteiger partial charge in [-0.05, 0) is 91.7 Å². The Morgan fingerprint density at radius 2 is 2.03 bits per heavy atom. The summed E-state index contributed by atoms with van der Waals surface area (Å²) in [6, 6.07) is 0. The lowest BCUT2D eigenvalue weighted by Gasteiger charge is -2.45. The van der Waals surface area contributed by atoms with Crippen LogP contribution in [-0.4, -0.2) is 47.0 Å². The molecular formula is C27H43NO2. The third-order valence-electron chi connectivity index (χ3n) is 9.04. The van der Waals surface area contributed by atoms with Crippen LogP contribution in [0.15, 0.2) is 35.5 Å². The molecule has 3 nitrogen and oxygen atoms in total. The molecule has 1 saturated heterocycles. The van der Waals surface area contributed by atoms with Crippen LogP contribution in [0, 0.1) is 29.1 Å². The van der Waals surface area contributed by atoms with Gasteiger partial charge >= 0.3 is 0 Å². The number of aliphatic hydroxyl groups is 2. The number of nitrogens with zero attached hydrogens (tertiary/aromatic N) is 1. The zero-order chi connectivity index (χ0) is 21.5. The molecule has 0 spiro atoms. The van der Waals surface area contributed by atoms with E-state index in [1.165, 1.54) is 58.2 Å². The summed E-state index contributed by atoms with van der Waals surface area (Å²) >= 11 is 0. The van der Waals surface area contributed by atoms with Crippen molar-refractivity contribution in [1.82, 2.24) is 4.90 Å². The van der Waals surface area contributed by atoms with Gasteiger partial charge in [-0.1, -0.05) is 45.1 Å². The average Bonchev–Trinajstić information content (AvgIpc) is 3.25. The normalized spacial score (nSPS) is 44.0. The monoisotopic (exact) mass is 413 g/mol. The molecule has 3 saturated carbocycles. The molecule has 168 valence electrons. The maximum Gasteiger partial charge on any atom is 0.0811 e. The van der Waals surface area contributed by atoms with Gasteiger partial charge in [0, 0.05) is 19.5 Å². The number of allylic oxidation sites excluding steroid dienone is 3. The van der Waals surface area contributed by atoms with Crippen molar-refractivity contribution < 1.29 is 10.2 Å². The van der Waals surface area contributed by atoms with Gasteiger partial charge in [-0.2, -0.15) is 0 Å². The molecule has 0 unspecified atom stereocenters. The Labute approximate surface area is 183 Å². The summed E-state index contributed by atoms with van der Waals surface area (Å²) in [5.41, 5.74) is 3.86. The topological polar surface area (TPSA) is 43.7 Å². The first-order valence-electron chi connectivity index (χ1n) is 12.4. The molecule has 0 bridgehead atoms. The number of hydrogen-bond acceptors (Lipinski definition) is 3. The van der Waals surface area contributed by atoms with Crippen molar-refractivity contribution in [2.24, 2.45) is 29.1 Å². The number of rotatable bonds is 4. The summed E-state index contributed by atoms with van der Waals surface area (Å²) in [6.45, 7) is 15.4. The quantitative estimate of drug-likeness (QED) is 0.673. The van der Waals surface area contributed by atoms with Crippen LogP contribution in [-0.2, 0) is 0 Å². The SMILES string of the molecule is C=C1/C(=C\C=C2/CCC[C@]3(C)[C@@H]([C@H](C)CN4CC[C@H](C)C4)CC[C@@H]23)C[C@@H](O)C[C@@H]1O. The lowest BCUT2D eigenvalue weighted by molar-refractivity contribution is 0.0816. The third-order valence-corrected chi connectivity index (χ3v) is 9.04. The average molecular weight is 414 g/mol.